The van der Waals surface area contributed by atoms with Crippen molar-refractivity contribution in [1.29, 1.82) is 0 Å². The Bertz CT molecular complexity index is 746. The second kappa shape index (κ2) is 5.84. The summed E-state index contributed by atoms with van der Waals surface area (Å²) in [6.45, 7) is 5.88. The van der Waals surface area contributed by atoms with Crippen molar-refractivity contribution in [2.45, 2.75) is 39.7 Å². The Hall–Kier alpha value is -2.10. The molecule has 4 heteroatoms. The highest BCUT2D eigenvalue weighted by molar-refractivity contribution is 5.96. The molecule has 1 heterocycles. The number of aromatic nitrogens is 1. The molecule has 122 valence electrons. The van der Waals surface area contributed by atoms with E-state index in [1.807, 2.05) is 36.4 Å². The number of halogens is 1. The van der Waals surface area contributed by atoms with Gasteiger partial charge in [0.2, 0.25) is 0 Å². The summed E-state index contributed by atoms with van der Waals surface area (Å²) in [5.74, 6) is 0.354. The second-order valence-electron chi connectivity index (χ2n) is 6.57. The summed E-state index contributed by atoms with van der Waals surface area (Å²) < 4.78 is 15.9. The minimum Gasteiger partial charge on any atom is -0.339 e. The highest BCUT2D eigenvalue weighted by atomic mass is 19.1. The van der Waals surface area contributed by atoms with Gasteiger partial charge in [-0.2, -0.15) is 0 Å². The Morgan fingerprint density at radius 3 is 2.57 bits per heavy atom. The molecular weight excluding hydrogens is 291 g/mol. The minimum absolute atomic E-state index is 0.0140. The van der Waals surface area contributed by atoms with E-state index in [1.165, 1.54) is 18.9 Å². The zero-order valence-electron chi connectivity index (χ0n) is 14.1. The largest absolute Gasteiger partial charge is 0.339 e. The van der Waals surface area contributed by atoms with Gasteiger partial charge in [-0.25, -0.2) is 4.39 Å². The van der Waals surface area contributed by atoms with E-state index in [0.29, 0.717) is 17.2 Å². The lowest BCUT2D eigenvalue weighted by Gasteiger charge is -2.25. The molecule has 1 aromatic carbocycles. The van der Waals surface area contributed by atoms with Gasteiger partial charge in [0.05, 0.1) is 11.3 Å². The average molecular weight is 314 g/mol. The molecule has 3 nitrogen and oxygen atoms in total. The summed E-state index contributed by atoms with van der Waals surface area (Å²) in [5, 5.41) is 0. The Morgan fingerprint density at radius 1 is 1.30 bits per heavy atom. The molecule has 1 fully saturated rings. The quantitative estimate of drug-likeness (QED) is 0.834. The summed E-state index contributed by atoms with van der Waals surface area (Å²) in [7, 11) is 1.86. The highest BCUT2D eigenvalue weighted by Gasteiger charge is 2.33. The second-order valence-corrected chi connectivity index (χ2v) is 6.57. The van der Waals surface area contributed by atoms with Crippen LogP contribution in [0.3, 0.4) is 0 Å². The van der Waals surface area contributed by atoms with Crippen LogP contribution < -0.4 is 0 Å². The van der Waals surface area contributed by atoms with E-state index in [1.54, 1.807) is 18.2 Å². The fraction of sp³-hybridized carbons (Fsp3) is 0.421. The van der Waals surface area contributed by atoms with E-state index in [0.717, 1.165) is 11.4 Å². The van der Waals surface area contributed by atoms with Gasteiger partial charge in [-0.1, -0.05) is 12.1 Å². The fourth-order valence-electron chi connectivity index (χ4n) is 3.25. The molecule has 1 amide bonds. The molecule has 1 atom stereocenters. The fourth-order valence-corrected chi connectivity index (χ4v) is 3.25. The number of hydrogen-bond acceptors (Lipinski definition) is 1. The van der Waals surface area contributed by atoms with Gasteiger partial charge in [0, 0.05) is 24.5 Å². The number of aryl methyl sites for hydroxylation is 1. The number of para-hydroxylation sites is 1. The molecular formula is C19H23FN2O. The lowest BCUT2D eigenvalue weighted by atomic mass is 10.1. The first-order valence-electron chi connectivity index (χ1n) is 8.12. The van der Waals surface area contributed by atoms with Gasteiger partial charge in [0.1, 0.15) is 5.82 Å². The third-order valence-corrected chi connectivity index (χ3v) is 4.99. The van der Waals surface area contributed by atoms with Gasteiger partial charge in [-0.15, -0.1) is 0 Å². The maximum Gasteiger partial charge on any atom is 0.255 e. The maximum absolute atomic E-state index is 14.1. The molecule has 1 aliphatic rings. The standard InChI is InChI=1S/C19H23FN2O/c1-12-11-16(19(23)21(4)13(2)15-9-10-15)14(3)22(12)18-8-6-5-7-17(18)20/h5-8,11,13,15H,9-10H2,1-4H3. The predicted octanol–water partition coefficient (Wildman–Crippen LogP) is 4.10. The molecule has 2 aromatic rings. The number of hydrogen-bond donors (Lipinski definition) is 0. The van der Waals surface area contributed by atoms with Gasteiger partial charge >= 0.3 is 0 Å². The molecule has 1 aromatic heterocycles. The average Bonchev–Trinajstić information content (AvgIpc) is 3.33. The van der Waals surface area contributed by atoms with E-state index in [-0.39, 0.29) is 17.8 Å². The molecule has 0 spiro atoms. The molecule has 0 saturated heterocycles. The first kappa shape index (κ1) is 15.8. The van der Waals surface area contributed by atoms with Crippen LogP contribution >= 0.6 is 0 Å². The lowest BCUT2D eigenvalue weighted by molar-refractivity contribution is 0.0726. The predicted molar refractivity (Wildman–Crippen MR) is 89.5 cm³/mol. The van der Waals surface area contributed by atoms with Crippen molar-refractivity contribution < 1.29 is 9.18 Å². The molecule has 0 aliphatic heterocycles. The van der Waals surface area contributed by atoms with Crippen LogP contribution in [0, 0.1) is 25.6 Å². The first-order chi connectivity index (χ1) is 10.9. The molecule has 1 aliphatic carbocycles. The SMILES string of the molecule is Cc1cc(C(=O)N(C)C(C)C2CC2)c(C)n1-c1ccccc1F. The van der Waals surface area contributed by atoms with Crippen molar-refractivity contribution in [2.75, 3.05) is 7.05 Å². The summed E-state index contributed by atoms with van der Waals surface area (Å²) in [6.07, 6.45) is 2.40. The van der Waals surface area contributed by atoms with Crippen LogP contribution in [0.15, 0.2) is 30.3 Å². The van der Waals surface area contributed by atoms with Crippen LogP contribution in [0.4, 0.5) is 4.39 Å². The number of benzene rings is 1. The van der Waals surface area contributed by atoms with Crippen molar-refractivity contribution >= 4 is 5.91 Å². The molecule has 1 unspecified atom stereocenters. The molecule has 0 bridgehead atoms. The summed E-state index contributed by atoms with van der Waals surface area (Å²) >= 11 is 0. The monoisotopic (exact) mass is 314 g/mol. The van der Waals surface area contributed by atoms with E-state index in [2.05, 4.69) is 6.92 Å². The van der Waals surface area contributed by atoms with Crippen LogP contribution in [0.5, 0.6) is 0 Å². The first-order valence-corrected chi connectivity index (χ1v) is 8.12. The van der Waals surface area contributed by atoms with Gasteiger partial charge in [-0.3, -0.25) is 4.79 Å². The van der Waals surface area contributed by atoms with Crippen LogP contribution in [-0.4, -0.2) is 28.5 Å². The van der Waals surface area contributed by atoms with Crippen molar-refractivity contribution in [3.8, 4) is 5.69 Å². The summed E-state index contributed by atoms with van der Waals surface area (Å²) in [5.41, 5.74) is 2.79. The number of amides is 1. The minimum atomic E-state index is -0.284. The van der Waals surface area contributed by atoms with Crippen molar-refractivity contribution in [2.24, 2.45) is 5.92 Å². The zero-order chi connectivity index (χ0) is 16.7. The van der Waals surface area contributed by atoms with Gasteiger partial charge in [0.25, 0.3) is 5.91 Å². The molecule has 0 radical (unpaired) electrons. The van der Waals surface area contributed by atoms with Crippen LogP contribution in [0.2, 0.25) is 0 Å². The Labute approximate surface area is 136 Å². The van der Waals surface area contributed by atoms with Gasteiger partial charge in [0.15, 0.2) is 0 Å². The van der Waals surface area contributed by atoms with Gasteiger partial charge < -0.3 is 9.47 Å². The van der Waals surface area contributed by atoms with Crippen LogP contribution in [-0.2, 0) is 0 Å². The third kappa shape index (κ3) is 2.78. The smallest absolute Gasteiger partial charge is 0.255 e. The molecule has 0 N–H and O–H groups in total. The normalized spacial score (nSPS) is 15.5. The highest BCUT2D eigenvalue weighted by Crippen LogP contribution is 2.35. The Morgan fingerprint density at radius 2 is 1.96 bits per heavy atom. The molecule has 1 saturated carbocycles. The Balaban J connectivity index is 1.97. The van der Waals surface area contributed by atoms with E-state index < -0.39 is 0 Å². The Kier molecular flexibility index (Phi) is 4.00. The van der Waals surface area contributed by atoms with Crippen LogP contribution in [0.25, 0.3) is 5.69 Å². The van der Waals surface area contributed by atoms with Crippen molar-refractivity contribution in [3.05, 3.63) is 53.1 Å². The molecule has 3 rings (SSSR count). The van der Waals surface area contributed by atoms with E-state index in [9.17, 15) is 9.18 Å². The lowest BCUT2D eigenvalue weighted by Crippen LogP contribution is -2.36. The summed E-state index contributed by atoms with van der Waals surface area (Å²) in [4.78, 5) is 14.7. The van der Waals surface area contributed by atoms with E-state index >= 15 is 0 Å². The van der Waals surface area contributed by atoms with Gasteiger partial charge in [-0.05, 0) is 57.7 Å². The van der Waals surface area contributed by atoms with E-state index in [4.69, 9.17) is 0 Å². The maximum atomic E-state index is 14.1. The van der Waals surface area contributed by atoms with Crippen molar-refractivity contribution in [3.63, 3.8) is 0 Å². The third-order valence-electron chi connectivity index (χ3n) is 4.99. The van der Waals surface area contributed by atoms with Crippen LogP contribution in [0.1, 0.15) is 41.5 Å². The number of nitrogens with zero attached hydrogens (tertiary/aromatic N) is 2. The summed E-state index contributed by atoms with van der Waals surface area (Å²) in [6, 6.07) is 8.76. The number of carbonyl (C=O) groups excluding carboxylic acids is 1. The molecule has 23 heavy (non-hydrogen) atoms. The number of rotatable bonds is 4. The topological polar surface area (TPSA) is 25.2 Å². The van der Waals surface area contributed by atoms with Crippen molar-refractivity contribution in [1.82, 2.24) is 9.47 Å². The zero-order valence-corrected chi connectivity index (χ0v) is 14.1. The number of carbonyl (C=O) groups is 1.